The Labute approximate surface area is 149 Å². The molecule has 1 aromatic carbocycles. The highest BCUT2D eigenvalue weighted by atomic mass is 32.2. The van der Waals surface area contributed by atoms with Gasteiger partial charge in [-0.25, -0.2) is 12.7 Å². The highest BCUT2D eigenvalue weighted by molar-refractivity contribution is 8.15. The minimum Gasteiger partial charge on any atom is -0.262 e. The molecule has 1 saturated carbocycles. The number of hydrogen-bond donors (Lipinski definition) is 0. The van der Waals surface area contributed by atoms with E-state index in [1.54, 1.807) is 28.2 Å². The van der Waals surface area contributed by atoms with Crippen LogP contribution < -0.4 is 0 Å². The van der Waals surface area contributed by atoms with Crippen molar-refractivity contribution in [3.05, 3.63) is 29.8 Å². The summed E-state index contributed by atoms with van der Waals surface area (Å²) in [5.74, 6) is 0. The third-order valence-corrected chi connectivity index (χ3v) is 8.09. The molecule has 1 aliphatic heterocycles. The normalized spacial score (nSPS) is 25.9. The van der Waals surface area contributed by atoms with Gasteiger partial charge in [0.1, 0.15) is 0 Å². The van der Waals surface area contributed by atoms with Crippen LogP contribution in [0.1, 0.15) is 51.0 Å². The van der Waals surface area contributed by atoms with Crippen molar-refractivity contribution in [2.24, 2.45) is 4.99 Å². The molecule has 24 heavy (non-hydrogen) atoms. The lowest BCUT2D eigenvalue weighted by atomic mass is 9.95. The van der Waals surface area contributed by atoms with E-state index in [1.165, 1.54) is 6.42 Å². The summed E-state index contributed by atoms with van der Waals surface area (Å²) in [6.45, 7) is 4.80. The Kier molecular flexibility index (Phi) is 5.55. The van der Waals surface area contributed by atoms with E-state index in [9.17, 15) is 8.42 Å². The van der Waals surface area contributed by atoms with Crippen molar-refractivity contribution < 1.29 is 8.42 Å². The van der Waals surface area contributed by atoms with Gasteiger partial charge in [0, 0.05) is 11.8 Å². The molecule has 132 valence electrons. The maximum Gasteiger partial charge on any atom is 0.266 e. The smallest absolute Gasteiger partial charge is 0.262 e. The number of hydrogen-bond acceptors (Lipinski definition) is 4. The maximum atomic E-state index is 13.3. The summed E-state index contributed by atoms with van der Waals surface area (Å²) in [5.41, 5.74) is 1.07. The number of sulfonamides is 1. The lowest BCUT2D eigenvalue weighted by Gasteiger charge is -2.30. The molecule has 0 amide bonds. The zero-order valence-electron chi connectivity index (χ0n) is 14.4. The van der Waals surface area contributed by atoms with Crippen molar-refractivity contribution in [2.45, 2.75) is 68.6 Å². The lowest BCUT2D eigenvalue weighted by Crippen LogP contribution is -2.42. The molecule has 3 rings (SSSR count). The molecule has 0 spiro atoms. The number of aliphatic imine (C=N–C) groups is 1. The summed E-state index contributed by atoms with van der Waals surface area (Å²) < 4.78 is 28.2. The number of nitrogens with zero attached hydrogens (tertiary/aromatic N) is 2. The first-order chi connectivity index (χ1) is 11.5. The Morgan fingerprint density at radius 1 is 1.21 bits per heavy atom. The zero-order chi connectivity index (χ0) is 17.2. The quantitative estimate of drug-likeness (QED) is 0.734. The predicted octanol–water partition coefficient (Wildman–Crippen LogP) is 4.20. The van der Waals surface area contributed by atoms with Gasteiger partial charge in [0.15, 0.2) is 5.17 Å². The fourth-order valence-electron chi connectivity index (χ4n) is 3.36. The summed E-state index contributed by atoms with van der Waals surface area (Å²) in [6.07, 6.45) is 6.38. The highest BCUT2D eigenvalue weighted by Gasteiger charge is 2.46. The van der Waals surface area contributed by atoms with Crippen molar-refractivity contribution in [3.8, 4) is 0 Å². The average Bonchev–Trinajstić information content (AvgIpc) is 2.94. The van der Waals surface area contributed by atoms with Gasteiger partial charge in [-0.3, -0.25) is 4.99 Å². The van der Waals surface area contributed by atoms with Crippen molar-refractivity contribution in [1.82, 2.24) is 4.31 Å². The van der Waals surface area contributed by atoms with Crippen LogP contribution in [-0.4, -0.2) is 35.7 Å². The van der Waals surface area contributed by atoms with Crippen LogP contribution in [0.4, 0.5) is 0 Å². The summed E-state index contributed by atoms with van der Waals surface area (Å²) in [7, 11) is -3.53. The first-order valence-corrected chi connectivity index (χ1v) is 11.2. The molecule has 2 fully saturated rings. The van der Waals surface area contributed by atoms with Gasteiger partial charge >= 0.3 is 0 Å². The molecule has 1 aromatic rings. The molecule has 0 radical (unpaired) electrons. The van der Waals surface area contributed by atoms with Gasteiger partial charge in [0.25, 0.3) is 10.0 Å². The Hall–Kier alpha value is -1.01. The summed E-state index contributed by atoms with van der Waals surface area (Å²) in [6, 6.07) is 7.23. The monoisotopic (exact) mass is 366 g/mol. The first-order valence-electron chi connectivity index (χ1n) is 8.86. The Morgan fingerprint density at radius 3 is 2.62 bits per heavy atom. The van der Waals surface area contributed by atoms with E-state index in [4.69, 9.17) is 0 Å². The first kappa shape index (κ1) is 17.8. The van der Waals surface area contributed by atoms with Crippen LogP contribution in [0.25, 0.3) is 0 Å². The van der Waals surface area contributed by atoms with Gasteiger partial charge in [-0.1, -0.05) is 55.6 Å². The van der Waals surface area contributed by atoms with Crippen LogP contribution >= 0.6 is 11.8 Å². The van der Waals surface area contributed by atoms with Crippen LogP contribution in [0.2, 0.25) is 0 Å². The van der Waals surface area contributed by atoms with Crippen LogP contribution in [-0.2, 0) is 10.0 Å². The van der Waals surface area contributed by atoms with Crippen LogP contribution in [0.3, 0.4) is 0 Å². The van der Waals surface area contributed by atoms with E-state index < -0.39 is 10.0 Å². The molecule has 6 heteroatoms. The molecule has 1 heterocycles. The molecule has 4 nitrogen and oxygen atoms in total. The van der Waals surface area contributed by atoms with E-state index in [0.717, 1.165) is 37.7 Å². The second kappa shape index (κ2) is 7.48. The molecule has 1 saturated heterocycles. The predicted molar refractivity (Wildman–Crippen MR) is 101 cm³/mol. The van der Waals surface area contributed by atoms with Crippen molar-refractivity contribution in [1.29, 1.82) is 0 Å². The number of aryl methyl sites for hydroxylation is 1. The molecule has 0 aromatic heterocycles. The van der Waals surface area contributed by atoms with Crippen LogP contribution in [0.15, 0.2) is 34.2 Å². The number of rotatable bonds is 5. The minimum absolute atomic E-state index is 0.0652. The molecule has 0 N–H and O–H groups in total. The Bertz CT molecular complexity index is 698. The summed E-state index contributed by atoms with van der Waals surface area (Å²) in [5, 5.41) is 1.07. The van der Waals surface area contributed by atoms with Gasteiger partial charge in [-0.2, -0.15) is 0 Å². The number of thioether (sulfide) groups is 1. The fraction of sp³-hybridized carbons (Fsp3) is 0.611. The Morgan fingerprint density at radius 2 is 1.92 bits per heavy atom. The van der Waals surface area contributed by atoms with Gasteiger partial charge in [0.2, 0.25) is 0 Å². The number of benzene rings is 1. The molecular formula is C18H26N2O2S2. The van der Waals surface area contributed by atoms with E-state index >= 15 is 0 Å². The number of amidine groups is 1. The zero-order valence-corrected chi connectivity index (χ0v) is 16.1. The summed E-state index contributed by atoms with van der Waals surface area (Å²) in [4.78, 5) is 5.03. The second-order valence-corrected chi connectivity index (χ2v) is 9.66. The van der Waals surface area contributed by atoms with E-state index in [-0.39, 0.29) is 6.04 Å². The number of unbranched alkanes of at least 4 members (excludes halogenated alkanes) is 1. The van der Waals surface area contributed by atoms with E-state index in [0.29, 0.717) is 21.9 Å². The average molecular weight is 367 g/mol. The molecule has 2 aliphatic rings. The van der Waals surface area contributed by atoms with Crippen LogP contribution in [0, 0.1) is 6.92 Å². The molecular weight excluding hydrogens is 340 g/mol. The lowest BCUT2D eigenvalue weighted by molar-refractivity contribution is 0.347. The van der Waals surface area contributed by atoms with E-state index in [1.807, 2.05) is 19.1 Å². The van der Waals surface area contributed by atoms with Crippen molar-refractivity contribution in [3.63, 3.8) is 0 Å². The fourth-order valence-corrected chi connectivity index (χ4v) is 6.81. The van der Waals surface area contributed by atoms with Crippen LogP contribution in [0.5, 0.6) is 0 Å². The molecule has 0 unspecified atom stereocenters. The van der Waals surface area contributed by atoms with Crippen molar-refractivity contribution >= 4 is 27.0 Å². The summed E-state index contributed by atoms with van der Waals surface area (Å²) >= 11 is 1.67. The largest absolute Gasteiger partial charge is 0.266 e. The van der Waals surface area contributed by atoms with Crippen molar-refractivity contribution in [2.75, 3.05) is 6.54 Å². The van der Waals surface area contributed by atoms with Gasteiger partial charge in [0.05, 0.1) is 10.9 Å². The minimum atomic E-state index is -3.53. The SMILES string of the molecule is CCCCN=C1S[C@@H]2CCCC[C@H]2N1S(=O)(=O)c1ccc(C)cc1. The molecule has 1 aliphatic carbocycles. The van der Waals surface area contributed by atoms with Gasteiger partial charge in [-0.15, -0.1) is 0 Å². The van der Waals surface area contributed by atoms with Gasteiger partial charge < -0.3 is 0 Å². The third kappa shape index (κ3) is 3.49. The highest BCUT2D eigenvalue weighted by Crippen LogP contribution is 2.43. The maximum absolute atomic E-state index is 13.3. The number of fused-ring (bicyclic) bond motifs is 1. The standard InChI is InChI=1S/C18H26N2O2S2/c1-3-4-13-19-18-20(16-7-5-6-8-17(16)23-18)24(21,22)15-11-9-14(2)10-12-15/h9-12,16-17H,3-8,13H2,1-2H3/t16-,17-/m1/s1. The topological polar surface area (TPSA) is 49.7 Å². The third-order valence-electron chi connectivity index (χ3n) is 4.75. The molecule has 2 atom stereocenters. The van der Waals surface area contributed by atoms with Gasteiger partial charge in [-0.05, 0) is 38.3 Å². The molecule has 0 bridgehead atoms. The second-order valence-electron chi connectivity index (χ2n) is 6.64. The Balaban J connectivity index is 1.96. The van der Waals surface area contributed by atoms with E-state index in [2.05, 4.69) is 11.9 Å².